The van der Waals surface area contributed by atoms with Crippen LogP contribution in [-0.4, -0.2) is 53.3 Å². The number of aromatic nitrogens is 2. The third-order valence-electron chi connectivity index (χ3n) is 6.19. The van der Waals surface area contributed by atoms with Crippen molar-refractivity contribution in [3.8, 4) is 5.75 Å². The Bertz CT molecular complexity index is 1170. The summed E-state index contributed by atoms with van der Waals surface area (Å²) in [6, 6.07) is 1.78. The van der Waals surface area contributed by atoms with Crippen molar-refractivity contribution in [2.75, 3.05) is 37.4 Å². The van der Waals surface area contributed by atoms with Crippen molar-refractivity contribution in [1.82, 2.24) is 14.9 Å². The van der Waals surface area contributed by atoms with Crippen molar-refractivity contribution in [3.63, 3.8) is 0 Å². The molecule has 0 radical (unpaired) electrons. The van der Waals surface area contributed by atoms with Crippen molar-refractivity contribution >= 4 is 29.1 Å². The van der Waals surface area contributed by atoms with E-state index in [0.717, 1.165) is 22.4 Å². The smallest absolute Gasteiger partial charge is 0.410 e. The molecule has 0 atom stereocenters. The standard InChI is InChI=1S/C26H34FN5O3/c1-15-16(2)29-24(31-23(15)28-6)30-19-14-18-10-13-34-22(18)20(21(19)27)17-8-7-11-32(12-9-17)25(33)35-26(3,4)5/h9,14H,7-8,10-13H2,1-6H3,(H2,28,29,30,31). The van der Waals surface area contributed by atoms with Gasteiger partial charge in [0.25, 0.3) is 0 Å². The first-order valence-electron chi connectivity index (χ1n) is 12.0. The monoisotopic (exact) mass is 483 g/mol. The molecule has 0 fully saturated rings. The number of nitrogens with zero attached hydrogens (tertiary/aromatic N) is 3. The molecular formula is C26H34FN5O3. The number of aryl methyl sites for hydroxylation is 1. The molecule has 0 aliphatic carbocycles. The van der Waals surface area contributed by atoms with Gasteiger partial charge in [0, 0.05) is 43.4 Å². The molecule has 0 spiro atoms. The summed E-state index contributed by atoms with van der Waals surface area (Å²) < 4.78 is 27.4. The van der Waals surface area contributed by atoms with Crippen LogP contribution in [0.15, 0.2) is 12.1 Å². The molecule has 2 N–H and O–H groups in total. The van der Waals surface area contributed by atoms with Crippen molar-refractivity contribution in [1.29, 1.82) is 0 Å². The highest BCUT2D eigenvalue weighted by molar-refractivity contribution is 5.79. The van der Waals surface area contributed by atoms with Crippen LogP contribution in [0.2, 0.25) is 0 Å². The topological polar surface area (TPSA) is 88.6 Å². The normalized spacial score (nSPS) is 15.6. The summed E-state index contributed by atoms with van der Waals surface area (Å²) in [5.41, 5.74) is 3.71. The fourth-order valence-electron chi connectivity index (χ4n) is 4.33. The second-order valence-electron chi connectivity index (χ2n) is 9.94. The van der Waals surface area contributed by atoms with E-state index in [1.807, 2.05) is 40.7 Å². The number of benzene rings is 1. The van der Waals surface area contributed by atoms with Gasteiger partial charge in [0.05, 0.1) is 17.9 Å². The number of allylic oxidation sites excluding steroid dienone is 1. The van der Waals surface area contributed by atoms with Gasteiger partial charge in [-0.05, 0) is 59.1 Å². The van der Waals surface area contributed by atoms with Gasteiger partial charge < -0.3 is 25.0 Å². The highest BCUT2D eigenvalue weighted by Gasteiger charge is 2.28. The zero-order chi connectivity index (χ0) is 25.3. The summed E-state index contributed by atoms with van der Waals surface area (Å²) in [5.74, 6) is 1.20. The lowest BCUT2D eigenvalue weighted by molar-refractivity contribution is 0.0273. The Morgan fingerprint density at radius 3 is 2.71 bits per heavy atom. The summed E-state index contributed by atoms with van der Waals surface area (Å²) in [7, 11) is 1.79. The van der Waals surface area contributed by atoms with E-state index in [0.29, 0.717) is 67.7 Å². The van der Waals surface area contributed by atoms with Gasteiger partial charge in [0.1, 0.15) is 17.2 Å². The highest BCUT2D eigenvalue weighted by atomic mass is 19.1. The Morgan fingerprint density at radius 2 is 2.00 bits per heavy atom. The van der Waals surface area contributed by atoms with Crippen LogP contribution >= 0.6 is 0 Å². The summed E-state index contributed by atoms with van der Waals surface area (Å²) in [6.07, 6.45) is 3.57. The van der Waals surface area contributed by atoms with Crippen LogP contribution in [0.25, 0.3) is 5.57 Å². The third kappa shape index (κ3) is 5.33. The van der Waals surface area contributed by atoms with Crippen molar-refractivity contribution in [3.05, 3.63) is 40.3 Å². The summed E-state index contributed by atoms with van der Waals surface area (Å²) >= 11 is 0. The lowest BCUT2D eigenvalue weighted by Gasteiger charge is -2.25. The number of hydrogen-bond donors (Lipinski definition) is 2. The molecule has 2 aliphatic rings. The number of carbonyl (C=O) groups excluding carboxylic acids is 1. The van der Waals surface area contributed by atoms with E-state index in [1.165, 1.54) is 0 Å². The number of rotatable bonds is 4. The minimum absolute atomic E-state index is 0.309. The molecule has 0 unspecified atom stereocenters. The Balaban J connectivity index is 1.67. The first-order valence-corrected chi connectivity index (χ1v) is 12.0. The van der Waals surface area contributed by atoms with Crippen LogP contribution in [0.3, 0.4) is 0 Å². The van der Waals surface area contributed by atoms with Crippen LogP contribution in [-0.2, 0) is 11.2 Å². The van der Waals surface area contributed by atoms with E-state index < -0.39 is 11.4 Å². The van der Waals surface area contributed by atoms with E-state index >= 15 is 4.39 Å². The largest absolute Gasteiger partial charge is 0.492 e. The van der Waals surface area contributed by atoms with Gasteiger partial charge in [-0.25, -0.2) is 14.2 Å². The lowest BCUT2D eigenvalue weighted by atomic mass is 9.96. The van der Waals surface area contributed by atoms with Crippen LogP contribution in [0.1, 0.15) is 56.0 Å². The maximum Gasteiger partial charge on any atom is 0.410 e. The van der Waals surface area contributed by atoms with Gasteiger partial charge in [0.15, 0.2) is 5.82 Å². The zero-order valence-electron chi connectivity index (χ0n) is 21.3. The number of anilines is 3. The van der Waals surface area contributed by atoms with Gasteiger partial charge in [-0.15, -0.1) is 0 Å². The summed E-state index contributed by atoms with van der Waals surface area (Å²) in [4.78, 5) is 23.2. The molecule has 0 bridgehead atoms. The van der Waals surface area contributed by atoms with Gasteiger partial charge >= 0.3 is 6.09 Å². The van der Waals surface area contributed by atoms with E-state index in [4.69, 9.17) is 9.47 Å². The lowest BCUT2D eigenvalue weighted by Crippen LogP contribution is -2.37. The second-order valence-corrected chi connectivity index (χ2v) is 9.94. The molecule has 4 rings (SSSR count). The summed E-state index contributed by atoms with van der Waals surface area (Å²) in [6.45, 7) is 10.8. The molecule has 2 aromatic rings. The number of hydrogen-bond acceptors (Lipinski definition) is 7. The number of ether oxygens (including phenoxy) is 2. The maximum atomic E-state index is 16.0. The molecule has 9 heteroatoms. The van der Waals surface area contributed by atoms with Gasteiger partial charge in [-0.3, -0.25) is 0 Å². The van der Waals surface area contributed by atoms with Gasteiger partial charge in [-0.2, -0.15) is 4.98 Å². The first-order chi connectivity index (χ1) is 16.6. The molecule has 35 heavy (non-hydrogen) atoms. The molecule has 1 amide bonds. The van der Waals surface area contributed by atoms with E-state index in [9.17, 15) is 4.79 Å². The van der Waals surface area contributed by atoms with E-state index in [1.54, 1.807) is 18.0 Å². The fourth-order valence-corrected chi connectivity index (χ4v) is 4.33. The van der Waals surface area contributed by atoms with Crippen LogP contribution < -0.4 is 15.4 Å². The average molecular weight is 484 g/mol. The molecule has 0 saturated heterocycles. The van der Waals surface area contributed by atoms with E-state index in [-0.39, 0.29) is 6.09 Å². The van der Waals surface area contributed by atoms with Crippen molar-refractivity contribution in [2.24, 2.45) is 0 Å². The number of carbonyl (C=O) groups is 1. The highest BCUT2D eigenvalue weighted by Crippen LogP contribution is 2.42. The minimum Gasteiger partial charge on any atom is -0.492 e. The fraction of sp³-hybridized carbons (Fsp3) is 0.500. The molecule has 3 heterocycles. The minimum atomic E-state index is -0.569. The Kier molecular flexibility index (Phi) is 6.87. The number of amides is 1. The maximum absolute atomic E-state index is 16.0. The predicted molar refractivity (Wildman–Crippen MR) is 135 cm³/mol. The first kappa shape index (κ1) is 24.8. The quantitative estimate of drug-likeness (QED) is 0.605. The second kappa shape index (κ2) is 9.71. The SMILES string of the molecule is CNc1nc(Nc2cc3c(c(C4=CCN(C(=O)OC(C)(C)C)CCC4)c2F)OCC3)nc(C)c1C. The van der Waals surface area contributed by atoms with Gasteiger partial charge in [0.2, 0.25) is 5.95 Å². The Hall–Kier alpha value is -3.36. The predicted octanol–water partition coefficient (Wildman–Crippen LogP) is 5.37. The van der Waals surface area contributed by atoms with Crippen molar-refractivity contribution < 1.29 is 18.7 Å². The number of nitrogens with one attached hydrogen (secondary N) is 2. The molecule has 188 valence electrons. The average Bonchev–Trinajstić information content (AvgIpc) is 3.10. The Labute approximate surface area is 205 Å². The third-order valence-corrected chi connectivity index (χ3v) is 6.19. The van der Waals surface area contributed by atoms with Crippen LogP contribution in [0, 0.1) is 19.7 Å². The number of fused-ring (bicyclic) bond motifs is 1. The van der Waals surface area contributed by atoms with Crippen LogP contribution in [0.5, 0.6) is 5.75 Å². The Morgan fingerprint density at radius 1 is 1.23 bits per heavy atom. The molecule has 0 saturated carbocycles. The van der Waals surface area contributed by atoms with Gasteiger partial charge in [-0.1, -0.05) is 6.08 Å². The molecule has 1 aromatic carbocycles. The van der Waals surface area contributed by atoms with E-state index in [2.05, 4.69) is 20.6 Å². The summed E-state index contributed by atoms with van der Waals surface area (Å²) in [5, 5.41) is 6.15. The van der Waals surface area contributed by atoms with Crippen LogP contribution in [0.4, 0.5) is 26.6 Å². The zero-order valence-corrected chi connectivity index (χ0v) is 21.3. The molecule has 1 aromatic heterocycles. The van der Waals surface area contributed by atoms with Crippen molar-refractivity contribution in [2.45, 2.75) is 59.5 Å². The molecular weight excluding hydrogens is 449 g/mol. The molecule has 8 nitrogen and oxygen atoms in total. The molecule has 2 aliphatic heterocycles. The number of halogens is 1.